The maximum absolute atomic E-state index is 11.8. The standard InChI is InChI=1S/C12H15Cl2NO/c1-8-4-5-11(6-9(8)2)15(7-13)12(16)10(3)14/h4-6,10H,7H2,1-3H3. The molecule has 0 aliphatic rings. The largest absolute Gasteiger partial charge is 0.297 e. The zero-order valence-electron chi connectivity index (χ0n) is 9.63. The summed E-state index contributed by atoms with van der Waals surface area (Å²) in [7, 11) is 0. The molecule has 1 amide bonds. The molecule has 0 heterocycles. The quantitative estimate of drug-likeness (QED) is 0.602. The van der Waals surface area contributed by atoms with Crippen LogP contribution in [-0.2, 0) is 4.79 Å². The van der Waals surface area contributed by atoms with Crippen molar-refractivity contribution in [3.63, 3.8) is 0 Å². The lowest BCUT2D eigenvalue weighted by Crippen LogP contribution is -2.34. The molecule has 2 nitrogen and oxygen atoms in total. The molecule has 1 rings (SSSR count). The van der Waals surface area contributed by atoms with Gasteiger partial charge in [-0.05, 0) is 44.0 Å². The van der Waals surface area contributed by atoms with Crippen molar-refractivity contribution in [3.8, 4) is 0 Å². The Morgan fingerprint density at radius 1 is 1.38 bits per heavy atom. The van der Waals surface area contributed by atoms with Gasteiger partial charge < -0.3 is 0 Å². The highest BCUT2D eigenvalue weighted by atomic mass is 35.5. The molecule has 1 atom stereocenters. The number of hydrogen-bond donors (Lipinski definition) is 0. The van der Waals surface area contributed by atoms with Crippen LogP contribution >= 0.6 is 23.2 Å². The van der Waals surface area contributed by atoms with Gasteiger partial charge in [0.15, 0.2) is 0 Å². The highest BCUT2D eigenvalue weighted by molar-refractivity contribution is 6.33. The first kappa shape index (κ1) is 13.3. The second-order valence-electron chi connectivity index (χ2n) is 3.77. The van der Waals surface area contributed by atoms with Crippen LogP contribution in [0.3, 0.4) is 0 Å². The van der Waals surface area contributed by atoms with Crippen molar-refractivity contribution in [1.29, 1.82) is 0 Å². The van der Waals surface area contributed by atoms with E-state index in [-0.39, 0.29) is 11.9 Å². The Bertz CT molecular complexity index is 391. The van der Waals surface area contributed by atoms with Gasteiger partial charge in [0.05, 0.1) is 0 Å². The lowest BCUT2D eigenvalue weighted by molar-refractivity contribution is -0.117. The first-order chi connectivity index (χ1) is 7.47. The minimum atomic E-state index is -0.569. The van der Waals surface area contributed by atoms with Crippen LogP contribution in [-0.4, -0.2) is 17.3 Å². The Kier molecular flexibility index (Phi) is 4.63. The molecule has 16 heavy (non-hydrogen) atoms. The summed E-state index contributed by atoms with van der Waals surface area (Å²) in [5, 5.41) is -0.569. The number of hydrogen-bond acceptors (Lipinski definition) is 1. The number of nitrogens with zero attached hydrogens (tertiary/aromatic N) is 1. The van der Waals surface area contributed by atoms with Crippen LogP contribution in [0.25, 0.3) is 0 Å². The topological polar surface area (TPSA) is 20.3 Å². The van der Waals surface area contributed by atoms with Crippen LogP contribution in [0.1, 0.15) is 18.1 Å². The van der Waals surface area contributed by atoms with Crippen molar-refractivity contribution in [3.05, 3.63) is 29.3 Å². The number of carbonyl (C=O) groups is 1. The fourth-order valence-corrected chi connectivity index (χ4v) is 1.74. The number of carbonyl (C=O) groups excluding carboxylic acids is 1. The number of halogens is 2. The monoisotopic (exact) mass is 259 g/mol. The highest BCUT2D eigenvalue weighted by Crippen LogP contribution is 2.20. The third kappa shape index (κ3) is 2.89. The van der Waals surface area contributed by atoms with Gasteiger partial charge in [0, 0.05) is 5.69 Å². The lowest BCUT2D eigenvalue weighted by atomic mass is 10.1. The minimum absolute atomic E-state index is 0.110. The van der Waals surface area contributed by atoms with Gasteiger partial charge in [0.2, 0.25) is 5.91 Å². The molecule has 0 aliphatic heterocycles. The van der Waals surface area contributed by atoms with Crippen molar-refractivity contribution in [2.75, 3.05) is 10.9 Å². The number of rotatable bonds is 3. The molecule has 0 saturated heterocycles. The molecule has 1 unspecified atom stereocenters. The summed E-state index contributed by atoms with van der Waals surface area (Å²) in [5.41, 5.74) is 3.10. The first-order valence-electron chi connectivity index (χ1n) is 5.06. The molecule has 0 bridgehead atoms. The normalized spacial score (nSPS) is 12.3. The molecule has 0 aromatic heterocycles. The molecule has 4 heteroatoms. The fourth-order valence-electron chi connectivity index (χ4n) is 1.36. The van der Waals surface area contributed by atoms with Gasteiger partial charge in [-0.2, -0.15) is 0 Å². The third-order valence-corrected chi connectivity index (χ3v) is 2.95. The summed E-state index contributed by atoms with van der Waals surface area (Å²) in [4.78, 5) is 13.3. The number of amides is 1. The Balaban J connectivity index is 3.04. The van der Waals surface area contributed by atoms with E-state index in [0.717, 1.165) is 11.3 Å². The summed E-state index contributed by atoms with van der Waals surface area (Å²) < 4.78 is 0. The van der Waals surface area contributed by atoms with Crippen LogP contribution in [0.2, 0.25) is 0 Å². The van der Waals surface area contributed by atoms with Crippen molar-refractivity contribution < 1.29 is 4.79 Å². The number of aryl methyl sites for hydroxylation is 2. The number of benzene rings is 1. The van der Waals surface area contributed by atoms with E-state index < -0.39 is 5.38 Å². The molecule has 0 N–H and O–H groups in total. The fraction of sp³-hybridized carbons (Fsp3) is 0.417. The maximum atomic E-state index is 11.8. The molecular weight excluding hydrogens is 245 g/mol. The van der Waals surface area contributed by atoms with Crippen molar-refractivity contribution in [2.45, 2.75) is 26.1 Å². The van der Waals surface area contributed by atoms with E-state index in [9.17, 15) is 4.79 Å². The van der Waals surface area contributed by atoms with E-state index in [1.165, 1.54) is 10.5 Å². The molecule has 0 saturated carbocycles. The first-order valence-corrected chi connectivity index (χ1v) is 6.03. The average Bonchev–Trinajstić information content (AvgIpc) is 2.24. The second kappa shape index (κ2) is 5.55. The van der Waals surface area contributed by atoms with E-state index in [1.807, 2.05) is 32.0 Å². The zero-order valence-corrected chi connectivity index (χ0v) is 11.1. The highest BCUT2D eigenvalue weighted by Gasteiger charge is 2.19. The second-order valence-corrected chi connectivity index (χ2v) is 4.66. The lowest BCUT2D eigenvalue weighted by Gasteiger charge is -2.21. The SMILES string of the molecule is Cc1ccc(N(CCl)C(=O)C(C)Cl)cc1C. The summed E-state index contributed by atoms with van der Waals surface area (Å²) in [6.45, 7) is 5.67. The van der Waals surface area contributed by atoms with E-state index in [0.29, 0.717) is 0 Å². The summed E-state index contributed by atoms with van der Waals surface area (Å²) in [5.74, 6) is -0.181. The summed E-state index contributed by atoms with van der Waals surface area (Å²) >= 11 is 11.6. The Hall–Kier alpha value is -0.730. The molecule has 0 fully saturated rings. The van der Waals surface area contributed by atoms with Gasteiger partial charge in [-0.1, -0.05) is 6.07 Å². The summed E-state index contributed by atoms with van der Waals surface area (Å²) in [6.07, 6.45) is 0. The van der Waals surface area contributed by atoms with Crippen LogP contribution in [0.4, 0.5) is 5.69 Å². The van der Waals surface area contributed by atoms with Gasteiger partial charge in [0.1, 0.15) is 11.4 Å². The van der Waals surface area contributed by atoms with Gasteiger partial charge >= 0.3 is 0 Å². The third-order valence-electron chi connectivity index (χ3n) is 2.53. The van der Waals surface area contributed by atoms with E-state index in [1.54, 1.807) is 6.92 Å². The summed E-state index contributed by atoms with van der Waals surface area (Å²) in [6, 6.07) is 5.89. The van der Waals surface area contributed by atoms with Crippen LogP contribution in [0, 0.1) is 13.8 Å². The van der Waals surface area contributed by atoms with Gasteiger partial charge in [-0.25, -0.2) is 0 Å². The molecule has 88 valence electrons. The van der Waals surface area contributed by atoms with E-state index >= 15 is 0 Å². The Labute approximate surface area is 106 Å². The van der Waals surface area contributed by atoms with Gasteiger partial charge in [-0.15, -0.1) is 23.2 Å². The molecule has 1 aromatic carbocycles. The van der Waals surface area contributed by atoms with Crippen LogP contribution in [0.5, 0.6) is 0 Å². The minimum Gasteiger partial charge on any atom is -0.297 e. The predicted molar refractivity (Wildman–Crippen MR) is 69.4 cm³/mol. The molecule has 0 radical (unpaired) electrons. The average molecular weight is 260 g/mol. The van der Waals surface area contributed by atoms with Crippen molar-refractivity contribution in [2.24, 2.45) is 0 Å². The molecule has 0 aliphatic carbocycles. The Morgan fingerprint density at radius 3 is 2.44 bits per heavy atom. The van der Waals surface area contributed by atoms with Gasteiger partial charge in [0.25, 0.3) is 0 Å². The van der Waals surface area contributed by atoms with E-state index in [4.69, 9.17) is 23.2 Å². The Morgan fingerprint density at radius 2 is 2.00 bits per heavy atom. The van der Waals surface area contributed by atoms with Gasteiger partial charge in [-0.3, -0.25) is 9.69 Å². The van der Waals surface area contributed by atoms with E-state index in [2.05, 4.69) is 0 Å². The van der Waals surface area contributed by atoms with Crippen molar-refractivity contribution >= 4 is 34.8 Å². The molecule has 1 aromatic rings. The smallest absolute Gasteiger partial charge is 0.245 e. The number of anilines is 1. The van der Waals surface area contributed by atoms with Crippen molar-refractivity contribution in [1.82, 2.24) is 0 Å². The number of alkyl halides is 2. The molecule has 0 spiro atoms. The zero-order chi connectivity index (χ0) is 12.3. The van der Waals surface area contributed by atoms with Crippen LogP contribution < -0.4 is 4.90 Å². The maximum Gasteiger partial charge on any atom is 0.245 e. The predicted octanol–water partition coefficient (Wildman–Crippen LogP) is 3.46. The molecular formula is C12H15Cl2NO. The van der Waals surface area contributed by atoms with Crippen LogP contribution in [0.15, 0.2) is 18.2 Å².